The molecular formula is C7H10N2O2. The number of carboxylic acids is 1. The van der Waals surface area contributed by atoms with E-state index in [0.717, 1.165) is 19.2 Å². The van der Waals surface area contributed by atoms with Crippen LogP contribution in [0.5, 0.6) is 0 Å². The molecule has 11 heavy (non-hydrogen) atoms. The minimum Gasteiger partial charge on any atom is -0.478 e. The van der Waals surface area contributed by atoms with Gasteiger partial charge in [0.2, 0.25) is 0 Å². The van der Waals surface area contributed by atoms with Crippen molar-refractivity contribution in [3.8, 4) is 0 Å². The topological polar surface area (TPSA) is 52.9 Å². The van der Waals surface area contributed by atoms with Gasteiger partial charge in [-0.2, -0.15) is 0 Å². The lowest BCUT2D eigenvalue weighted by Gasteiger charge is -2.08. The second-order valence-electron chi connectivity index (χ2n) is 2.26. The molecule has 1 heterocycles. The van der Waals surface area contributed by atoms with Crippen LogP contribution >= 0.6 is 0 Å². The fourth-order valence-electron chi connectivity index (χ4n) is 0.844. The number of hydrogen-bond donors (Lipinski definition) is 1. The van der Waals surface area contributed by atoms with Crippen molar-refractivity contribution in [2.45, 2.75) is 0 Å². The fraction of sp³-hybridized carbons (Fsp3) is 0.429. The lowest BCUT2D eigenvalue weighted by Crippen LogP contribution is -2.19. The molecule has 0 aromatic heterocycles. The summed E-state index contributed by atoms with van der Waals surface area (Å²) < 4.78 is 0. The Labute approximate surface area is 64.8 Å². The van der Waals surface area contributed by atoms with Crippen LogP contribution in [0.25, 0.3) is 0 Å². The first-order valence-electron chi connectivity index (χ1n) is 3.42. The Morgan fingerprint density at radius 2 is 2.64 bits per heavy atom. The summed E-state index contributed by atoms with van der Waals surface area (Å²) in [6.45, 7) is 2.35. The van der Waals surface area contributed by atoms with Gasteiger partial charge in [0, 0.05) is 19.2 Å². The highest BCUT2D eigenvalue weighted by molar-refractivity contribution is 5.79. The van der Waals surface area contributed by atoms with Gasteiger partial charge in [0.15, 0.2) is 0 Å². The monoisotopic (exact) mass is 154 g/mol. The van der Waals surface area contributed by atoms with E-state index in [1.165, 1.54) is 0 Å². The summed E-state index contributed by atoms with van der Waals surface area (Å²) >= 11 is 0. The molecule has 1 aliphatic rings. The van der Waals surface area contributed by atoms with Crippen molar-refractivity contribution in [2.24, 2.45) is 4.99 Å². The Morgan fingerprint density at radius 3 is 3.18 bits per heavy atom. The van der Waals surface area contributed by atoms with Gasteiger partial charge in [-0.3, -0.25) is 4.99 Å². The molecule has 0 unspecified atom stereocenters. The molecule has 0 aromatic rings. The van der Waals surface area contributed by atoms with Crippen molar-refractivity contribution >= 4 is 12.3 Å². The van der Waals surface area contributed by atoms with Crippen LogP contribution in [0.4, 0.5) is 0 Å². The van der Waals surface area contributed by atoms with Crippen LogP contribution in [-0.2, 0) is 4.79 Å². The zero-order valence-electron chi connectivity index (χ0n) is 6.10. The molecule has 0 saturated carbocycles. The number of carbonyl (C=O) groups is 1. The van der Waals surface area contributed by atoms with E-state index in [2.05, 4.69) is 4.99 Å². The number of aliphatic imine (C=N–C) groups is 1. The van der Waals surface area contributed by atoms with Gasteiger partial charge in [0.05, 0.1) is 12.9 Å². The summed E-state index contributed by atoms with van der Waals surface area (Å²) in [7, 11) is 0. The smallest absolute Gasteiger partial charge is 0.328 e. The third-order valence-corrected chi connectivity index (χ3v) is 1.36. The second kappa shape index (κ2) is 3.75. The summed E-state index contributed by atoms with van der Waals surface area (Å²) in [4.78, 5) is 16.0. The third kappa shape index (κ3) is 2.84. The van der Waals surface area contributed by atoms with Crippen molar-refractivity contribution in [2.75, 3.05) is 19.6 Å². The molecule has 0 aliphatic carbocycles. The van der Waals surface area contributed by atoms with Crippen LogP contribution in [0, 0.1) is 0 Å². The molecule has 0 radical (unpaired) electrons. The lowest BCUT2D eigenvalue weighted by atomic mass is 10.4. The van der Waals surface area contributed by atoms with E-state index in [0.29, 0.717) is 6.54 Å². The van der Waals surface area contributed by atoms with E-state index in [1.54, 1.807) is 12.4 Å². The lowest BCUT2D eigenvalue weighted by molar-refractivity contribution is -0.131. The standard InChI is InChI=1S/C7H10N2O2/c10-7(11)2-1-4-9-5-3-8-6-9/h1-2,6H,3-5H2,(H,10,11). The van der Waals surface area contributed by atoms with Gasteiger partial charge in [0.25, 0.3) is 0 Å². The molecule has 0 fully saturated rings. The molecule has 1 N–H and O–H groups in total. The minimum absolute atomic E-state index is 0.635. The van der Waals surface area contributed by atoms with Gasteiger partial charge in [-0.05, 0) is 0 Å². The fourth-order valence-corrected chi connectivity index (χ4v) is 0.844. The zero-order chi connectivity index (χ0) is 8.10. The molecule has 60 valence electrons. The van der Waals surface area contributed by atoms with E-state index in [1.807, 2.05) is 4.90 Å². The largest absolute Gasteiger partial charge is 0.478 e. The van der Waals surface area contributed by atoms with Gasteiger partial charge in [-0.25, -0.2) is 4.79 Å². The Bertz CT molecular complexity index is 199. The van der Waals surface area contributed by atoms with Crippen molar-refractivity contribution in [3.63, 3.8) is 0 Å². The van der Waals surface area contributed by atoms with E-state index in [4.69, 9.17) is 5.11 Å². The number of aliphatic carboxylic acids is 1. The third-order valence-electron chi connectivity index (χ3n) is 1.36. The van der Waals surface area contributed by atoms with Crippen molar-refractivity contribution < 1.29 is 9.90 Å². The first kappa shape index (κ1) is 7.78. The Hall–Kier alpha value is -1.32. The molecule has 0 aromatic carbocycles. The van der Waals surface area contributed by atoms with Crippen LogP contribution in [0.2, 0.25) is 0 Å². The second-order valence-corrected chi connectivity index (χ2v) is 2.26. The highest BCUT2D eigenvalue weighted by atomic mass is 16.4. The maximum atomic E-state index is 10.0. The zero-order valence-corrected chi connectivity index (χ0v) is 6.10. The normalized spacial score (nSPS) is 16.5. The van der Waals surface area contributed by atoms with Gasteiger partial charge in [-0.15, -0.1) is 0 Å². The molecule has 4 heteroatoms. The van der Waals surface area contributed by atoms with Crippen molar-refractivity contribution in [3.05, 3.63) is 12.2 Å². The van der Waals surface area contributed by atoms with E-state index >= 15 is 0 Å². The maximum absolute atomic E-state index is 10.0. The quantitative estimate of drug-likeness (QED) is 0.581. The summed E-state index contributed by atoms with van der Waals surface area (Å²) in [5.41, 5.74) is 0. The molecule has 0 atom stereocenters. The molecule has 4 nitrogen and oxygen atoms in total. The number of carboxylic acid groups (broad SMARTS) is 1. The first-order chi connectivity index (χ1) is 5.29. The van der Waals surface area contributed by atoms with E-state index in [9.17, 15) is 4.79 Å². The molecular weight excluding hydrogens is 144 g/mol. The van der Waals surface area contributed by atoms with Crippen LogP contribution in [-0.4, -0.2) is 41.9 Å². The summed E-state index contributed by atoms with van der Waals surface area (Å²) in [5.74, 6) is -0.902. The number of hydrogen-bond acceptors (Lipinski definition) is 3. The molecule has 0 saturated heterocycles. The average molecular weight is 154 g/mol. The van der Waals surface area contributed by atoms with Crippen molar-refractivity contribution in [1.82, 2.24) is 4.90 Å². The van der Waals surface area contributed by atoms with Crippen LogP contribution in [0.3, 0.4) is 0 Å². The Morgan fingerprint density at radius 1 is 1.82 bits per heavy atom. The number of rotatable bonds is 3. The van der Waals surface area contributed by atoms with Crippen LogP contribution < -0.4 is 0 Å². The predicted octanol–water partition coefficient (Wildman–Crippen LogP) is -0.0289. The average Bonchev–Trinajstić information content (AvgIpc) is 2.39. The minimum atomic E-state index is -0.902. The SMILES string of the molecule is O=C(O)C=CCN1C=NCC1. The number of nitrogens with zero attached hydrogens (tertiary/aromatic N) is 2. The molecule has 0 amide bonds. The predicted molar refractivity (Wildman–Crippen MR) is 41.7 cm³/mol. The molecule has 0 spiro atoms. The highest BCUT2D eigenvalue weighted by Crippen LogP contribution is 1.92. The summed E-state index contributed by atoms with van der Waals surface area (Å²) in [6, 6.07) is 0. The Kier molecular flexibility index (Phi) is 2.66. The van der Waals surface area contributed by atoms with Gasteiger partial charge >= 0.3 is 5.97 Å². The van der Waals surface area contributed by atoms with E-state index < -0.39 is 5.97 Å². The molecule has 1 aliphatic heterocycles. The van der Waals surface area contributed by atoms with Crippen molar-refractivity contribution in [1.29, 1.82) is 0 Å². The molecule has 0 bridgehead atoms. The highest BCUT2D eigenvalue weighted by Gasteiger charge is 2.01. The Balaban J connectivity index is 2.21. The summed E-state index contributed by atoms with van der Waals surface area (Å²) in [5, 5.41) is 8.25. The van der Waals surface area contributed by atoms with E-state index in [-0.39, 0.29) is 0 Å². The van der Waals surface area contributed by atoms with Gasteiger partial charge < -0.3 is 10.0 Å². The summed E-state index contributed by atoms with van der Waals surface area (Å²) in [6.07, 6.45) is 4.50. The van der Waals surface area contributed by atoms with Crippen LogP contribution in [0.1, 0.15) is 0 Å². The first-order valence-corrected chi connectivity index (χ1v) is 3.42. The maximum Gasteiger partial charge on any atom is 0.328 e. The van der Waals surface area contributed by atoms with Gasteiger partial charge in [0.1, 0.15) is 0 Å². The van der Waals surface area contributed by atoms with Crippen LogP contribution in [0.15, 0.2) is 17.1 Å². The molecule has 1 rings (SSSR count). The van der Waals surface area contributed by atoms with Gasteiger partial charge in [-0.1, -0.05) is 6.08 Å².